The molecule has 0 radical (unpaired) electrons. The van der Waals surface area contributed by atoms with Crippen molar-refractivity contribution in [3.8, 4) is 0 Å². The Balaban J connectivity index is 2.37. The molecule has 0 amide bonds. The van der Waals surface area contributed by atoms with Gasteiger partial charge in [-0.05, 0) is 25.0 Å². The summed E-state index contributed by atoms with van der Waals surface area (Å²) >= 11 is 1.80. The van der Waals surface area contributed by atoms with Gasteiger partial charge in [0.15, 0.2) is 0 Å². The van der Waals surface area contributed by atoms with Gasteiger partial charge in [0, 0.05) is 0 Å². The maximum atomic E-state index is 10.5. The Hall–Kier alpha value is 0.0200. The minimum Gasteiger partial charge on any atom is -0.302 e. The van der Waals surface area contributed by atoms with E-state index in [-0.39, 0.29) is 4.75 Å². The molecule has 1 saturated carbocycles. The second kappa shape index (κ2) is 2.74. The molecule has 0 aromatic rings. The third-order valence-corrected chi connectivity index (χ3v) is 3.21. The molecule has 9 heavy (non-hydrogen) atoms. The molecule has 0 heterocycles. The summed E-state index contributed by atoms with van der Waals surface area (Å²) < 4.78 is 0.0503. The molecule has 1 aliphatic carbocycles. The van der Waals surface area contributed by atoms with Crippen molar-refractivity contribution in [3.05, 3.63) is 0 Å². The van der Waals surface area contributed by atoms with E-state index in [0.717, 1.165) is 24.9 Å². The Morgan fingerprint density at radius 3 is 2.44 bits per heavy atom. The van der Waals surface area contributed by atoms with Crippen LogP contribution >= 0.6 is 11.8 Å². The van der Waals surface area contributed by atoms with Gasteiger partial charge in [-0.25, -0.2) is 0 Å². The van der Waals surface area contributed by atoms with E-state index in [4.69, 9.17) is 0 Å². The van der Waals surface area contributed by atoms with E-state index in [2.05, 4.69) is 6.92 Å². The molecule has 2 heteroatoms. The molecule has 1 rings (SSSR count). The zero-order valence-electron chi connectivity index (χ0n) is 5.72. The molecule has 0 aromatic carbocycles. The molecule has 0 N–H and O–H groups in total. The summed E-state index contributed by atoms with van der Waals surface area (Å²) in [7, 11) is 0. The molecule has 0 atom stereocenters. The lowest BCUT2D eigenvalue weighted by Crippen LogP contribution is -2.35. The summed E-state index contributed by atoms with van der Waals surface area (Å²) in [6.45, 7) is 2.11. The fraction of sp³-hybridized carbons (Fsp3) is 0.857. The van der Waals surface area contributed by atoms with Crippen LogP contribution in [0.3, 0.4) is 0 Å². The van der Waals surface area contributed by atoms with Crippen LogP contribution in [0.15, 0.2) is 0 Å². The number of hydrogen-bond acceptors (Lipinski definition) is 2. The largest absolute Gasteiger partial charge is 0.302 e. The van der Waals surface area contributed by atoms with E-state index in [1.807, 2.05) is 0 Å². The van der Waals surface area contributed by atoms with Crippen LogP contribution in [0.1, 0.15) is 26.2 Å². The van der Waals surface area contributed by atoms with Gasteiger partial charge in [0.05, 0.1) is 4.75 Å². The number of aldehydes is 1. The highest BCUT2D eigenvalue weighted by Gasteiger charge is 2.36. The Labute approximate surface area is 60.2 Å². The zero-order chi connectivity index (χ0) is 6.74. The molecule has 0 aliphatic heterocycles. The van der Waals surface area contributed by atoms with Gasteiger partial charge in [-0.3, -0.25) is 0 Å². The van der Waals surface area contributed by atoms with Crippen molar-refractivity contribution in [1.29, 1.82) is 0 Å². The molecule has 1 aliphatic rings. The molecule has 0 aromatic heterocycles. The van der Waals surface area contributed by atoms with Crippen molar-refractivity contribution in [1.82, 2.24) is 0 Å². The first-order chi connectivity index (χ1) is 4.33. The standard InChI is InChI=1S/C7H12OS/c1-2-9-7(6-8)4-3-5-7/h6H,2-5H2,1H3. The molecular formula is C7H12OS. The lowest BCUT2D eigenvalue weighted by molar-refractivity contribution is -0.111. The molecule has 52 valence electrons. The lowest BCUT2D eigenvalue weighted by atomic mass is 9.86. The first kappa shape index (κ1) is 7.13. The molecular weight excluding hydrogens is 132 g/mol. The number of carbonyl (C=O) groups excluding carboxylic acids is 1. The summed E-state index contributed by atoms with van der Waals surface area (Å²) in [5.74, 6) is 1.07. The number of hydrogen-bond donors (Lipinski definition) is 0. The average molecular weight is 144 g/mol. The Kier molecular flexibility index (Phi) is 2.17. The van der Waals surface area contributed by atoms with Gasteiger partial charge in [0.25, 0.3) is 0 Å². The smallest absolute Gasteiger partial charge is 0.136 e. The molecule has 0 unspecified atom stereocenters. The predicted molar refractivity (Wildman–Crippen MR) is 40.8 cm³/mol. The second-order valence-electron chi connectivity index (χ2n) is 2.47. The minimum atomic E-state index is 0.0503. The summed E-state index contributed by atoms with van der Waals surface area (Å²) in [6, 6.07) is 0. The van der Waals surface area contributed by atoms with Crippen molar-refractivity contribution in [2.45, 2.75) is 30.9 Å². The third-order valence-electron chi connectivity index (χ3n) is 1.85. The quantitative estimate of drug-likeness (QED) is 0.562. The maximum absolute atomic E-state index is 10.5. The highest BCUT2D eigenvalue weighted by molar-refractivity contribution is 8.01. The fourth-order valence-corrected chi connectivity index (χ4v) is 2.33. The van der Waals surface area contributed by atoms with Crippen LogP contribution in [-0.2, 0) is 4.79 Å². The summed E-state index contributed by atoms with van der Waals surface area (Å²) in [5, 5.41) is 0. The van der Waals surface area contributed by atoms with E-state index >= 15 is 0 Å². The highest BCUT2D eigenvalue weighted by Crippen LogP contribution is 2.41. The minimum absolute atomic E-state index is 0.0503. The van der Waals surface area contributed by atoms with Crippen molar-refractivity contribution in [3.63, 3.8) is 0 Å². The van der Waals surface area contributed by atoms with Crippen LogP contribution in [0.5, 0.6) is 0 Å². The Morgan fingerprint density at radius 1 is 1.67 bits per heavy atom. The lowest BCUT2D eigenvalue weighted by Gasteiger charge is -2.35. The summed E-state index contributed by atoms with van der Waals surface area (Å²) in [5.41, 5.74) is 0. The van der Waals surface area contributed by atoms with E-state index < -0.39 is 0 Å². The molecule has 1 fully saturated rings. The normalized spacial score (nSPS) is 22.8. The average Bonchev–Trinajstić information content (AvgIpc) is 1.79. The Bertz CT molecular complexity index is 107. The van der Waals surface area contributed by atoms with Gasteiger partial charge < -0.3 is 4.79 Å². The predicted octanol–water partition coefficient (Wildman–Crippen LogP) is 1.86. The van der Waals surface area contributed by atoms with Crippen LogP contribution in [-0.4, -0.2) is 16.8 Å². The van der Waals surface area contributed by atoms with Gasteiger partial charge in [-0.1, -0.05) is 6.92 Å². The van der Waals surface area contributed by atoms with Crippen molar-refractivity contribution < 1.29 is 4.79 Å². The molecule has 0 bridgehead atoms. The molecule has 0 spiro atoms. The van der Waals surface area contributed by atoms with Crippen LogP contribution in [0, 0.1) is 0 Å². The van der Waals surface area contributed by atoms with Gasteiger partial charge in [-0.2, -0.15) is 0 Å². The van der Waals surface area contributed by atoms with Crippen molar-refractivity contribution in [2.75, 3.05) is 5.75 Å². The van der Waals surface area contributed by atoms with Gasteiger partial charge in [-0.15, -0.1) is 11.8 Å². The van der Waals surface area contributed by atoms with Crippen LogP contribution < -0.4 is 0 Å². The fourth-order valence-electron chi connectivity index (χ4n) is 1.11. The first-order valence-corrected chi connectivity index (χ1v) is 4.42. The van der Waals surface area contributed by atoms with Gasteiger partial charge >= 0.3 is 0 Å². The monoisotopic (exact) mass is 144 g/mol. The number of thioether (sulfide) groups is 1. The molecule has 0 saturated heterocycles. The third kappa shape index (κ3) is 1.29. The van der Waals surface area contributed by atoms with E-state index in [1.54, 1.807) is 11.8 Å². The summed E-state index contributed by atoms with van der Waals surface area (Å²) in [4.78, 5) is 10.5. The summed E-state index contributed by atoms with van der Waals surface area (Å²) in [6.07, 6.45) is 4.58. The maximum Gasteiger partial charge on any atom is 0.136 e. The van der Waals surface area contributed by atoms with Crippen molar-refractivity contribution >= 4 is 18.0 Å². The van der Waals surface area contributed by atoms with Crippen LogP contribution in [0.25, 0.3) is 0 Å². The number of rotatable bonds is 3. The number of carbonyl (C=O) groups is 1. The molecule has 1 nitrogen and oxygen atoms in total. The van der Waals surface area contributed by atoms with E-state index in [0.29, 0.717) is 0 Å². The topological polar surface area (TPSA) is 17.1 Å². The van der Waals surface area contributed by atoms with E-state index in [9.17, 15) is 4.79 Å². The second-order valence-corrected chi connectivity index (χ2v) is 4.15. The van der Waals surface area contributed by atoms with Crippen molar-refractivity contribution in [2.24, 2.45) is 0 Å². The highest BCUT2D eigenvalue weighted by atomic mass is 32.2. The first-order valence-electron chi connectivity index (χ1n) is 3.43. The van der Waals surface area contributed by atoms with Crippen LogP contribution in [0.2, 0.25) is 0 Å². The van der Waals surface area contributed by atoms with Gasteiger partial charge in [0.2, 0.25) is 0 Å². The SMILES string of the molecule is CCSC1(C=O)CCC1. The van der Waals surface area contributed by atoms with Crippen LogP contribution in [0.4, 0.5) is 0 Å². The Morgan fingerprint density at radius 2 is 2.33 bits per heavy atom. The zero-order valence-corrected chi connectivity index (χ0v) is 6.54. The van der Waals surface area contributed by atoms with Gasteiger partial charge in [0.1, 0.15) is 6.29 Å². The van der Waals surface area contributed by atoms with E-state index in [1.165, 1.54) is 6.42 Å².